The molecular weight excluding hydrogens is 379 g/mol. The van der Waals surface area contributed by atoms with Gasteiger partial charge in [0.2, 0.25) is 0 Å². The van der Waals surface area contributed by atoms with Crippen molar-refractivity contribution in [3.8, 4) is 11.3 Å². The molecule has 2 heterocycles. The molecule has 154 valence electrons. The van der Waals surface area contributed by atoms with Crippen molar-refractivity contribution >= 4 is 16.7 Å². The molecule has 0 amide bonds. The molecule has 0 saturated carbocycles. The summed E-state index contributed by atoms with van der Waals surface area (Å²) in [5.74, 6) is 0.518. The molecule has 4 aromatic rings. The lowest BCUT2D eigenvalue weighted by molar-refractivity contribution is 0.281. The van der Waals surface area contributed by atoms with Crippen molar-refractivity contribution < 1.29 is 9.50 Å². The Labute approximate surface area is 175 Å². The molecule has 0 atom stereocenters. The van der Waals surface area contributed by atoms with Crippen LogP contribution in [0.1, 0.15) is 22.4 Å². The van der Waals surface area contributed by atoms with E-state index in [-0.39, 0.29) is 12.4 Å². The first kappa shape index (κ1) is 20.0. The molecule has 0 fully saturated rings. The summed E-state index contributed by atoms with van der Waals surface area (Å²) in [6, 6.07) is 13.2. The number of halogens is 1. The van der Waals surface area contributed by atoms with Crippen molar-refractivity contribution in [3.05, 3.63) is 77.0 Å². The second-order valence-corrected chi connectivity index (χ2v) is 7.58. The van der Waals surface area contributed by atoms with Gasteiger partial charge in [-0.05, 0) is 55.7 Å². The van der Waals surface area contributed by atoms with Crippen molar-refractivity contribution in [1.82, 2.24) is 14.5 Å². The summed E-state index contributed by atoms with van der Waals surface area (Å²) in [6.45, 7) is 7.23. The minimum atomic E-state index is -0.199. The fourth-order valence-corrected chi connectivity index (χ4v) is 3.83. The molecule has 2 N–H and O–H groups in total. The highest BCUT2D eigenvalue weighted by Gasteiger charge is 2.12. The van der Waals surface area contributed by atoms with Crippen LogP contribution in [0.5, 0.6) is 0 Å². The second kappa shape index (κ2) is 8.24. The van der Waals surface area contributed by atoms with E-state index in [1.807, 2.05) is 61.7 Å². The maximum atomic E-state index is 14.4. The van der Waals surface area contributed by atoms with Crippen LogP contribution in [-0.4, -0.2) is 26.2 Å². The van der Waals surface area contributed by atoms with Crippen LogP contribution in [-0.2, 0) is 13.2 Å². The molecule has 30 heavy (non-hydrogen) atoms. The smallest absolute Gasteiger partial charge is 0.147 e. The highest BCUT2D eigenvalue weighted by Crippen LogP contribution is 2.26. The first-order chi connectivity index (χ1) is 14.5. The number of rotatable bonds is 6. The zero-order valence-electron chi connectivity index (χ0n) is 17.4. The number of aliphatic hydroxyl groups is 1. The number of aliphatic hydroxyl groups excluding tert-OH is 1. The predicted molar refractivity (Wildman–Crippen MR) is 118 cm³/mol. The Bertz CT molecular complexity index is 1220. The van der Waals surface area contributed by atoms with Gasteiger partial charge in [-0.25, -0.2) is 14.4 Å². The average Bonchev–Trinajstić information content (AvgIpc) is 3.08. The van der Waals surface area contributed by atoms with E-state index in [0.717, 1.165) is 44.8 Å². The number of hydrogen-bond acceptors (Lipinski definition) is 4. The van der Waals surface area contributed by atoms with Crippen LogP contribution in [0.15, 0.2) is 48.8 Å². The van der Waals surface area contributed by atoms with Gasteiger partial charge in [0.25, 0.3) is 0 Å². The third kappa shape index (κ3) is 3.78. The van der Waals surface area contributed by atoms with E-state index in [1.54, 1.807) is 0 Å². The minimum Gasteiger partial charge on any atom is -0.392 e. The Kier molecular flexibility index (Phi) is 5.50. The van der Waals surface area contributed by atoms with Crippen molar-refractivity contribution in [1.29, 1.82) is 0 Å². The van der Waals surface area contributed by atoms with Crippen molar-refractivity contribution in [2.45, 2.75) is 33.9 Å². The molecule has 0 spiro atoms. The first-order valence-corrected chi connectivity index (χ1v) is 9.99. The van der Waals surface area contributed by atoms with Gasteiger partial charge in [-0.15, -0.1) is 0 Å². The molecule has 0 aliphatic heterocycles. The van der Waals surface area contributed by atoms with Crippen LogP contribution in [0.3, 0.4) is 0 Å². The van der Waals surface area contributed by atoms with E-state index in [0.29, 0.717) is 18.6 Å². The molecule has 5 nitrogen and oxygen atoms in total. The van der Waals surface area contributed by atoms with Crippen LogP contribution in [0.2, 0.25) is 0 Å². The molecular formula is C24H25FN4O. The first-order valence-electron chi connectivity index (χ1n) is 9.99. The van der Waals surface area contributed by atoms with Crippen LogP contribution in [0, 0.1) is 26.6 Å². The van der Waals surface area contributed by atoms with E-state index in [9.17, 15) is 9.50 Å². The lowest BCUT2D eigenvalue weighted by Crippen LogP contribution is -2.13. The van der Waals surface area contributed by atoms with E-state index in [1.165, 1.54) is 12.4 Å². The van der Waals surface area contributed by atoms with Crippen LogP contribution < -0.4 is 5.32 Å². The van der Waals surface area contributed by atoms with Gasteiger partial charge in [-0.1, -0.05) is 18.2 Å². The van der Waals surface area contributed by atoms with Gasteiger partial charge < -0.3 is 15.0 Å². The van der Waals surface area contributed by atoms with Crippen LogP contribution >= 0.6 is 0 Å². The Morgan fingerprint density at radius 3 is 2.60 bits per heavy atom. The van der Waals surface area contributed by atoms with Crippen LogP contribution in [0.25, 0.3) is 22.2 Å². The van der Waals surface area contributed by atoms with Gasteiger partial charge in [0, 0.05) is 35.8 Å². The number of benzene rings is 2. The van der Waals surface area contributed by atoms with E-state index in [4.69, 9.17) is 0 Å². The lowest BCUT2D eigenvalue weighted by atomic mass is 10.0. The zero-order valence-corrected chi connectivity index (χ0v) is 17.4. The van der Waals surface area contributed by atoms with Crippen LogP contribution in [0.4, 0.5) is 10.2 Å². The summed E-state index contributed by atoms with van der Waals surface area (Å²) in [5, 5.41) is 13.6. The van der Waals surface area contributed by atoms with Crippen molar-refractivity contribution in [2.75, 3.05) is 11.9 Å². The minimum absolute atomic E-state index is 0.0241. The number of fused-ring (bicyclic) bond motifs is 1. The van der Waals surface area contributed by atoms with Gasteiger partial charge >= 0.3 is 0 Å². The number of hydrogen-bond donors (Lipinski definition) is 2. The largest absolute Gasteiger partial charge is 0.392 e. The standard InChI is InChI=1S/C24H25FN4O/c1-15-4-7-21(25)24-20(15)11-17(3)29(24)9-8-26-23-12-22(27-14-28-23)18-5-6-19(13-30)16(2)10-18/h4-7,10-12,14,30H,8-9,13H2,1-3H3,(H,26,27,28). The fraction of sp³-hybridized carbons (Fsp3) is 0.250. The van der Waals surface area contributed by atoms with Gasteiger partial charge in [0.05, 0.1) is 17.8 Å². The molecule has 0 unspecified atom stereocenters. The third-order valence-electron chi connectivity index (χ3n) is 5.55. The number of nitrogens with one attached hydrogen (secondary N) is 1. The molecule has 2 aromatic heterocycles. The molecule has 0 aliphatic rings. The van der Waals surface area contributed by atoms with Gasteiger partial charge in [-0.3, -0.25) is 0 Å². The van der Waals surface area contributed by atoms with Gasteiger partial charge in [0.1, 0.15) is 18.0 Å². The van der Waals surface area contributed by atoms with Gasteiger partial charge in [-0.2, -0.15) is 0 Å². The lowest BCUT2D eigenvalue weighted by Gasteiger charge is -2.12. The van der Waals surface area contributed by atoms with E-state index in [2.05, 4.69) is 15.3 Å². The summed E-state index contributed by atoms with van der Waals surface area (Å²) in [5.41, 5.74) is 6.46. The monoisotopic (exact) mass is 404 g/mol. The average molecular weight is 404 g/mol. The quantitative estimate of drug-likeness (QED) is 0.486. The fourth-order valence-electron chi connectivity index (χ4n) is 3.83. The molecule has 0 bridgehead atoms. The summed E-state index contributed by atoms with van der Waals surface area (Å²) < 4.78 is 16.4. The number of aryl methyl sites for hydroxylation is 3. The van der Waals surface area contributed by atoms with Crippen molar-refractivity contribution in [2.24, 2.45) is 0 Å². The summed E-state index contributed by atoms with van der Waals surface area (Å²) >= 11 is 0. The highest BCUT2D eigenvalue weighted by molar-refractivity contribution is 5.85. The molecule has 2 aromatic carbocycles. The third-order valence-corrected chi connectivity index (χ3v) is 5.55. The van der Waals surface area contributed by atoms with Crippen molar-refractivity contribution in [3.63, 3.8) is 0 Å². The normalized spacial score (nSPS) is 11.2. The maximum absolute atomic E-state index is 14.4. The SMILES string of the molecule is Cc1cc(-c2cc(NCCn3c(C)cc4c(C)ccc(F)c43)ncn2)ccc1CO. The summed E-state index contributed by atoms with van der Waals surface area (Å²) in [6.07, 6.45) is 1.53. The number of anilines is 1. The Morgan fingerprint density at radius 1 is 1.00 bits per heavy atom. The number of aromatic nitrogens is 3. The Hall–Kier alpha value is -3.25. The van der Waals surface area contributed by atoms with Gasteiger partial charge in [0.15, 0.2) is 0 Å². The topological polar surface area (TPSA) is 63.0 Å². The van der Waals surface area contributed by atoms with E-state index >= 15 is 0 Å². The highest BCUT2D eigenvalue weighted by atomic mass is 19.1. The summed E-state index contributed by atoms with van der Waals surface area (Å²) in [7, 11) is 0. The predicted octanol–water partition coefficient (Wildman–Crippen LogP) is 4.77. The molecule has 6 heteroatoms. The molecule has 0 aliphatic carbocycles. The second-order valence-electron chi connectivity index (χ2n) is 7.58. The van der Waals surface area contributed by atoms with E-state index < -0.39 is 0 Å². The maximum Gasteiger partial charge on any atom is 0.147 e. The molecule has 4 rings (SSSR count). The molecule has 0 saturated heterocycles. The molecule has 0 radical (unpaired) electrons. The number of nitrogens with zero attached hydrogens (tertiary/aromatic N) is 3. The Morgan fingerprint density at radius 2 is 1.83 bits per heavy atom. The summed E-state index contributed by atoms with van der Waals surface area (Å²) in [4.78, 5) is 8.68. The zero-order chi connectivity index (χ0) is 21.3. The Balaban J connectivity index is 1.51.